The van der Waals surface area contributed by atoms with E-state index in [2.05, 4.69) is 13.0 Å². The molecule has 2 aliphatic heterocycles. The quantitative estimate of drug-likeness (QED) is 0.583. The minimum atomic E-state index is -0.404. The van der Waals surface area contributed by atoms with Crippen LogP contribution in [0.2, 0.25) is 0 Å². The number of rotatable bonds is 4. The molecule has 20 heavy (non-hydrogen) atoms. The summed E-state index contributed by atoms with van der Waals surface area (Å²) < 4.78 is 17.1. The van der Waals surface area contributed by atoms with Crippen molar-refractivity contribution in [2.75, 3.05) is 13.7 Å². The second kappa shape index (κ2) is 3.95. The van der Waals surface area contributed by atoms with E-state index in [0.717, 1.165) is 6.42 Å². The summed E-state index contributed by atoms with van der Waals surface area (Å²) in [6, 6.07) is 0. The number of allylic oxidation sites excluding steroid dienone is 2. The van der Waals surface area contributed by atoms with Crippen LogP contribution in [-0.2, 0) is 19.0 Å². The first-order valence-corrected chi connectivity index (χ1v) is 7.37. The van der Waals surface area contributed by atoms with Crippen LogP contribution in [0.5, 0.6) is 0 Å². The number of carbonyl (C=O) groups excluding carboxylic acids is 1. The first kappa shape index (κ1) is 12.6. The molecule has 0 aromatic carbocycles. The smallest absolute Gasteiger partial charge is 0.159 e. The van der Waals surface area contributed by atoms with Gasteiger partial charge >= 0.3 is 0 Å². The summed E-state index contributed by atoms with van der Waals surface area (Å²) in [5.41, 5.74) is 0.882. The summed E-state index contributed by atoms with van der Waals surface area (Å²) >= 11 is 0. The Bertz CT molecular complexity index is 523. The van der Waals surface area contributed by atoms with E-state index in [1.165, 1.54) is 18.4 Å². The van der Waals surface area contributed by atoms with Crippen LogP contribution >= 0.6 is 0 Å². The zero-order valence-corrected chi connectivity index (χ0v) is 12.0. The van der Waals surface area contributed by atoms with Gasteiger partial charge in [0, 0.05) is 18.4 Å². The number of ether oxygens (including phenoxy) is 3. The molecule has 0 N–H and O–H groups in total. The van der Waals surface area contributed by atoms with Crippen LogP contribution in [0.3, 0.4) is 0 Å². The van der Waals surface area contributed by atoms with E-state index in [1.54, 1.807) is 13.2 Å². The van der Waals surface area contributed by atoms with Gasteiger partial charge in [-0.1, -0.05) is 11.6 Å². The van der Waals surface area contributed by atoms with E-state index < -0.39 is 5.60 Å². The lowest BCUT2D eigenvalue weighted by Gasteiger charge is -2.31. The first-order valence-electron chi connectivity index (χ1n) is 7.37. The molecule has 4 aliphatic rings. The average molecular weight is 276 g/mol. The van der Waals surface area contributed by atoms with Crippen molar-refractivity contribution in [1.29, 1.82) is 0 Å². The zero-order valence-electron chi connectivity index (χ0n) is 12.0. The van der Waals surface area contributed by atoms with E-state index in [-0.39, 0.29) is 23.4 Å². The highest BCUT2D eigenvalue weighted by atomic mass is 16.6. The summed E-state index contributed by atoms with van der Waals surface area (Å²) in [7, 11) is 1.61. The lowest BCUT2D eigenvalue weighted by molar-refractivity contribution is -0.118. The van der Waals surface area contributed by atoms with Gasteiger partial charge in [-0.3, -0.25) is 4.79 Å². The van der Waals surface area contributed by atoms with Gasteiger partial charge < -0.3 is 14.2 Å². The molecule has 4 heteroatoms. The minimum absolute atomic E-state index is 0.0741. The highest BCUT2D eigenvalue weighted by Gasteiger charge is 2.70. The maximum absolute atomic E-state index is 11.9. The standard InChI is InChI=1S/C16H20O4/c1-15(13(20-15)6-5-10-3-4-10)12-7-11(17)8-14(18-2)16(12)9-19-16/h5,8,12-13H,3-4,6-7,9H2,1-2H3. The molecular weight excluding hydrogens is 256 g/mol. The van der Waals surface area contributed by atoms with Crippen molar-refractivity contribution in [3.8, 4) is 0 Å². The fourth-order valence-corrected chi connectivity index (χ4v) is 3.59. The second-order valence-corrected chi connectivity index (χ2v) is 6.50. The molecule has 2 aliphatic carbocycles. The Hall–Kier alpha value is -1.13. The Balaban J connectivity index is 1.55. The Kier molecular flexibility index (Phi) is 2.49. The van der Waals surface area contributed by atoms with Crippen LogP contribution in [-0.4, -0.2) is 36.8 Å². The van der Waals surface area contributed by atoms with Crippen LogP contribution in [0.15, 0.2) is 23.5 Å². The average Bonchev–Trinajstić information content (AvgIpc) is 3.28. The Labute approximate surface area is 118 Å². The van der Waals surface area contributed by atoms with Crippen LogP contribution in [0.4, 0.5) is 0 Å². The molecule has 108 valence electrons. The molecule has 4 unspecified atom stereocenters. The predicted molar refractivity (Wildman–Crippen MR) is 72.1 cm³/mol. The fourth-order valence-electron chi connectivity index (χ4n) is 3.59. The lowest BCUT2D eigenvalue weighted by atomic mass is 9.73. The van der Waals surface area contributed by atoms with Gasteiger partial charge in [-0.2, -0.15) is 0 Å². The molecular formula is C16H20O4. The molecule has 4 atom stereocenters. The van der Waals surface area contributed by atoms with Crippen LogP contribution in [0.25, 0.3) is 0 Å². The number of hydrogen-bond donors (Lipinski definition) is 0. The van der Waals surface area contributed by atoms with Crippen molar-refractivity contribution in [3.63, 3.8) is 0 Å². The van der Waals surface area contributed by atoms with Crippen LogP contribution in [0, 0.1) is 5.92 Å². The van der Waals surface area contributed by atoms with Crippen molar-refractivity contribution in [3.05, 3.63) is 23.5 Å². The Morgan fingerprint density at radius 2 is 2.25 bits per heavy atom. The molecule has 0 amide bonds. The third kappa shape index (κ3) is 1.78. The Morgan fingerprint density at radius 3 is 2.85 bits per heavy atom. The third-order valence-corrected chi connectivity index (χ3v) is 5.18. The third-order valence-electron chi connectivity index (χ3n) is 5.18. The van der Waals surface area contributed by atoms with E-state index >= 15 is 0 Å². The van der Waals surface area contributed by atoms with Gasteiger partial charge in [0.1, 0.15) is 5.76 Å². The maximum atomic E-state index is 11.9. The zero-order chi connectivity index (χ0) is 14.0. The number of epoxide rings is 2. The largest absolute Gasteiger partial charge is 0.498 e. The first-order chi connectivity index (χ1) is 9.58. The SMILES string of the molecule is COC1=CC(=O)CC(C2(C)OC2CC=C2CC2)C12CO2. The number of carbonyl (C=O) groups is 1. The molecule has 1 saturated carbocycles. The summed E-state index contributed by atoms with van der Waals surface area (Å²) in [5, 5.41) is 0. The number of methoxy groups -OCH3 is 1. The van der Waals surface area contributed by atoms with Gasteiger partial charge in [-0.15, -0.1) is 0 Å². The van der Waals surface area contributed by atoms with Crippen molar-refractivity contribution in [2.24, 2.45) is 5.92 Å². The van der Waals surface area contributed by atoms with E-state index in [0.29, 0.717) is 18.8 Å². The van der Waals surface area contributed by atoms with Crippen molar-refractivity contribution in [2.45, 2.75) is 49.9 Å². The van der Waals surface area contributed by atoms with Gasteiger partial charge in [0.2, 0.25) is 0 Å². The molecule has 4 rings (SSSR count). The van der Waals surface area contributed by atoms with Crippen LogP contribution < -0.4 is 0 Å². The highest BCUT2D eigenvalue weighted by Crippen LogP contribution is 2.58. The van der Waals surface area contributed by atoms with Gasteiger partial charge in [-0.05, 0) is 26.2 Å². The van der Waals surface area contributed by atoms with Gasteiger partial charge in [0.05, 0.1) is 25.4 Å². The second-order valence-electron chi connectivity index (χ2n) is 6.50. The topological polar surface area (TPSA) is 51.4 Å². The monoisotopic (exact) mass is 276 g/mol. The molecule has 4 nitrogen and oxygen atoms in total. The van der Waals surface area contributed by atoms with Gasteiger partial charge in [0.25, 0.3) is 0 Å². The predicted octanol–water partition coefficient (Wildman–Crippen LogP) is 2.14. The molecule has 0 aromatic rings. The van der Waals surface area contributed by atoms with Crippen LogP contribution in [0.1, 0.15) is 32.6 Å². The number of ketones is 1. The Morgan fingerprint density at radius 1 is 1.50 bits per heavy atom. The summed E-state index contributed by atoms with van der Waals surface area (Å²) in [6.45, 7) is 2.75. The van der Waals surface area contributed by atoms with E-state index in [9.17, 15) is 4.79 Å². The maximum Gasteiger partial charge on any atom is 0.159 e. The van der Waals surface area contributed by atoms with Gasteiger partial charge in [0.15, 0.2) is 11.4 Å². The molecule has 2 heterocycles. The normalized spacial score (nSPS) is 45.2. The molecule has 3 fully saturated rings. The van der Waals surface area contributed by atoms with Crippen molar-refractivity contribution < 1.29 is 19.0 Å². The fraction of sp³-hybridized carbons (Fsp3) is 0.688. The summed E-state index contributed by atoms with van der Waals surface area (Å²) in [5.74, 6) is 0.865. The summed E-state index contributed by atoms with van der Waals surface area (Å²) in [6.07, 6.45) is 8.05. The molecule has 0 radical (unpaired) electrons. The molecule has 1 spiro atoms. The lowest BCUT2D eigenvalue weighted by Crippen LogP contribution is -2.43. The highest BCUT2D eigenvalue weighted by molar-refractivity contribution is 5.92. The van der Waals surface area contributed by atoms with Crippen molar-refractivity contribution in [1.82, 2.24) is 0 Å². The molecule has 0 bridgehead atoms. The summed E-state index contributed by atoms with van der Waals surface area (Å²) in [4.78, 5) is 11.9. The van der Waals surface area contributed by atoms with E-state index in [4.69, 9.17) is 14.2 Å². The van der Waals surface area contributed by atoms with Crippen molar-refractivity contribution >= 4 is 5.78 Å². The van der Waals surface area contributed by atoms with Gasteiger partial charge in [-0.25, -0.2) is 0 Å². The van der Waals surface area contributed by atoms with E-state index in [1.807, 2.05) is 0 Å². The molecule has 2 saturated heterocycles. The minimum Gasteiger partial charge on any atom is -0.498 e. The molecule has 0 aromatic heterocycles. The number of hydrogen-bond acceptors (Lipinski definition) is 4.